The standard InChI is InChI=1S/C15H17NOS/c1-11-3-4-13-10-14(6-5-12(13)9-11)16(2)15(17)7-8-18/h3-6,9-10,18H,7-8H2,1-2H3. The Morgan fingerprint density at radius 3 is 2.56 bits per heavy atom. The molecule has 2 rings (SSSR count). The van der Waals surface area contributed by atoms with Crippen molar-refractivity contribution in [2.24, 2.45) is 0 Å². The normalized spacial score (nSPS) is 10.6. The molecule has 0 saturated carbocycles. The van der Waals surface area contributed by atoms with E-state index in [1.54, 1.807) is 11.9 Å². The molecule has 2 nitrogen and oxygen atoms in total. The average molecular weight is 259 g/mol. The molecule has 1 amide bonds. The van der Waals surface area contributed by atoms with Gasteiger partial charge in [-0.25, -0.2) is 0 Å². The van der Waals surface area contributed by atoms with E-state index in [1.807, 2.05) is 12.1 Å². The minimum Gasteiger partial charge on any atom is -0.315 e. The van der Waals surface area contributed by atoms with Crippen molar-refractivity contribution in [3.8, 4) is 0 Å². The molecule has 0 radical (unpaired) electrons. The molecule has 0 unspecified atom stereocenters. The second-order valence-electron chi connectivity index (χ2n) is 4.46. The first-order valence-electron chi connectivity index (χ1n) is 5.99. The van der Waals surface area contributed by atoms with Crippen molar-refractivity contribution in [1.82, 2.24) is 0 Å². The summed E-state index contributed by atoms with van der Waals surface area (Å²) in [4.78, 5) is 13.5. The van der Waals surface area contributed by atoms with Crippen molar-refractivity contribution in [3.63, 3.8) is 0 Å². The minimum absolute atomic E-state index is 0.0939. The van der Waals surface area contributed by atoms with Gasteiger partial charge in [0.2, 0.25) is 5.91 Å². The van der Waals surface area contributed by atoms with E-state index in [0.29, 0.717) is 12.2 Å². The quantitative estimate of drug-likeness (QED) is 0.837. The molecule has 0 N–H and O–H groups in total. The Morgan fingerprint density at radius 2 is 1.83 bits per heavy atom. The molecule has 0 fully saturated rings. The topological polar surface area (TPSA) is 20.3 Å². The summed E-state index contributed by atoms with van der Waals surface area (Å²) < 4.78 is 0. The second-order valence-corrected chi connectivity index (χ2v) is 4.91. The van der Waals surface area contributed by atoms with Crippen molar-refractivity contribution in [3.05, 3.63) is 42.0 Å². The zero-order valence-corrected chi connectivity index (χ0v) is 11.6. The molecule has 0 aliphatic carbocycles. The number of aryl methyl sites for hydroxylation is 1. The second kappa shape index (κ2) is 5.44. The molecular formula is C15H17NOS. The summed E-state index contributed by atoms with van der Waals surface area (Å²) in [6, 6.07) is 12.4. The molecule has 0 aromatic heterocycles. The lowest BCUT2D eigenvalue weighted by atomic mass is 10.1. The van der Waals surface area contributed by atoms with Gasteiger partial charge in [-0.05, 0) is 35.6 Å². The number of benzene rings is 2. The molecule has 0 aliphatic rings. The maximum atomic E-state index is 11.8. The SMILES string of the molecule is Cc1ccc2cc(N(C)C(=O)CCS)ccc2c1. The number of amides is 1. The highest BCUT2D eigenvalue weighted by atomic mass is 32.1. The maximum absolute atomic E-state index is 11.8. The highest BCUT2D eigenvalue weighted by molar-refractivity contribution is 7.80. The van der Waals surface area contributed by atoms with Gasteiger partial charge in [-0.2, -0.15) is 12.6 Å². The van der Waals surface area contributed by atoms with E-state index >= 15 is 0 Å². The summed E-state index contributed by atoms with van der Waals surface area (Å²) in [7, 11) is 1.81. The highest BCUT2D eigenvalue weighted by Crippen LogP contribution is 2.22. The van der Waals surface area contributed by atoms with Crippen LogP contribution in [-0.4, -0.2) is 18.7 Å². The summed E-state index contributed by atoms with van der Waals surface area (Å²) in [5.41, 5.74) is 2.17. The molecule has 0 saturated heterocycles. The van der Waals surface area contributed by atoms with E-state index in [-0.39, 0.29) is 5.91 Å². The fourth-order valence-electron chi connectivity index (χ4n) is 1.97. The number of hydrogen-bond donors (Lipinski definition) is 1. The molecule has 0 heterocycles. The Labute approximate surface area is 113 Å². The van der Waals surface area contributed by atoms with Gasteiger partial charge in [-0.3, -0.25) is 4.79 Å². The summed E-state index contributed by atoms with van der Waals surface area (Å²) in [5, 5.41) is 2.36. The molecule has 3 heteroatoms. The first kappa shape index (κ1) is 13.0. The summed E-state index contributed by atoms with van der Waals surface area (Å²) >= 11 is 4.09. The van der Waals surface area contributed by atoms with Gasteiger partial charge in [-0.15, -0.1) is 0 Å². The third kappa shape index (κ3) is 2.67. The van der Waals surface area contributed by atoms with Gasteiger partial charge in [0.05, 0.1) is 0 Å². The van der Waals surface area contributed by atoms with Crippen LogP contribution in [0.5, 0.6) is 0 Å². The zero-order chi connectivity index (χ0) is 13.1. The molecule has 0 aliphatic heterocycles. The third-order valence-electron chi connectivity index (χ3n) is 3.07. The van der Waals surface area contributed by atoms with E-state index < -0.39 is 0 Å². The van der Waals surface area contributed by atoms with Gasteiger partial charge in [-0.1, -0.05) is 29.8 Å². The number of anilines is 1. The fraction of sp³-hybridized carbons (Fsp3) is 0.267. The first-order chi connectivity index (χ1) is 8.61. The fourth-order valence-corrected chi connectivity index (χ4v) is 2.16. The van der Waals surface area contributed by atoms with Crippen LogP contribution in [-0.2, 0) is 4.79 Å². The predicted molar refractivity (Wildman–Crippen MR) is 80.6 cm³/mol. The molecule has 0 atom stereocenters. The Balaban J connectivity index is 2.35. The van der Waals surface area contributed by atoms with E-state index in [2.05, 4.69) is 43.8 Å². The number of rotatable bonds is 3. The van der Waals surface area contributed by atoms with Gasteiger partial charge < -0.3 is 4.90 Å². The Kier molecular flexibility index (Phi) is 3.92. The van der Waals surface area contributed by atoms with Crippen LogP contribution in [0.3, 0.4) is 0 Å². The van der Waals surface area contributed by atoms with Crippen molar-refractivity contribution in [2.75, 3.05) is 17.7 Å². The predicted octanol–water partition coefficient (Wildman–Crippen LogP) is 3.43. The number of nitrogens with zero attached hydrogens (tertiary/aromatic N) is 1. The van der Waals surface area contributed by atoms with Crippen molar-refractivity contribution < 1.29 is 4.79 Å². The minimum atomic E-state index is 0.0939. The monoisotopic (exact) mass is 259 g/mol. The van der Waals surface area contributed by atoms with Crippen molar-refractivity contribution >= 4 is 35.0 Å². The van der Waals surface area contributed by atoms with E-state index in [0.717, 1.165) is 11.1 Å². The van der Waals surface area contributed by atoms with Crippen LogP contribution in [0.25, 0.3) is 10.8 Å². The molecule has 18 heavy (non-hydrogen) atoms. The number of carbonyl (C=O) groups is 1. The molecule has 0 bridgehead atoms. The van der Waals surface area contributed by atoms with Crippen LogP contribution in [0.4, 0.5) is 5.69 Å². The van der Waals surface area contributed by atoms with Crippen LogP contribution < -0.4 is 4.90 Å². The van der Waals surface area contributed by atoms with Crippen molar-refractivity contribution in [2.45, 2.75) is 13.3 Å². The lowest BCUT2D eigenvalue weighted by Crippen LogP contribution is -2.26. The van der Waals surface area contributed by atoms with Gasteiger partial charge >= 0.3 is 0 Å². The lowest BCUT2D eigenvalue weighted by Gasteiger charge is -2.17. The van der Waals surface area contributed by atoms with Crippen LogP contribution in [0.1, 0.15) is 12.0 Å². The van der Waals surface area contributed by atoms with Crippen molar-refractivity contribution in [1.29, 1.82) is 0 Å². The molecule has 94 valence electrons. The van der Waals surface area contributed by atoms with Crippen LogP contribution in [0.2, 0.25) is 0 Å². The molecule has 0 spiro atoms. The van der Waals surface area contributed by atoms with Crippen LogP contribution in [0.15, 0.2) is 36.4 Å². The highest BCUT2D eigenvalue weighted by Gasteiger charge is 2.10. The third-order valence-corrected chi connectivity index (χ3v) is 3.29. The Morgan fingerprint density at radius 1 is 1.17 bits per heavy atom. The Bertz CT molecular complexity index is 580. The molecular weight excluding hydrogens is 242 g/mol. The number of hydrogen-bond acceptors (Lipinski definition) is 2. The van der Waals surface area contributed by atoms with Crippen LogP contribution >= 0.6 is 12.6 Å². The first-order valence-corrected chi connectivity index (χ1v) is 6.63. The molecule has 2 aromatic carbocycles. The summed E-state index contributed by atoms with van der Waals surface area (Å²) in [6.07, 6.45) is 0.464. The van der Waals surface area contributed by atoms with E-state index in [4.69, 9.17) is 0 Å². The van der Waals surface area contributed by atoms with E-state index in [9.17, 15) is 4.79 Å². The summed E-state index contributed by atoms with van der Waals surface area (Å²) in [6.45, 7) is 2.08. The number of carbonyl (C=O) groups excluding carboxylic acids is 1. The number of thiol groups is 1. The Hall–Kier alpha value is -1.48. The van der Waals surface area contributed by atoms with Gasteiger partial charge in [0.15, 0.2) is 0 Å². The number of fused-ring (bicyclic) bond motifs is 1. The van der Waals surface area contributed by atoms with E-state index in [1.165, 1.54) is 10.9 Å². The van der Waals surface area contributed by atoms with Gasteiger partial charge in [0.25, 0.3) is 0 Å². The molecule has 2 aromatic rings. The largest absolute Gasteiger partial charge is 0.315 e. The zero-order valence-electron chi connectivity index (χ0n) is 10.7. The summed E-state index contributed by atoms with van der Waals surface area (Å²) in [5.74, 6) is 0.673. The average Bonchev–Trinajstić information content (AvgIpc) is 2.37. The maximum Gasteiger partial charge on any atom is 0.227 e. The van der Waals surface area contributed by atoms with Crippen LogP contribution in [0, 0.1) is 6.92 Å². The lowest BCUT2D eigenvalue weighted by molar-refractivity contribution is -0.117. The van der Waals surface area contributed by atoms with Gasteiger partial charge in [0.1, 0.15) is 0 Å². The van der Waals surface area contributed by atoms with Gasteiger partial charge in [0, 0.05) is 19.2 Å². The smallest absolute Gasteiger partial charge is 0.227 e.